The number of methoxy groups -OCH3 is 1. The van der Waals surface area contributed by atoms with Gasteiger partial charge in [-0.1, -0.05) is 12.1 Å². The number of phenolic OH excluding ortho intramolecular Hbond substituents is 1. The van der Waals surface area contributed by atoms with Crippen molar-refractivity contribution in [1.82, 2.24) is 5.32 Å². The molecule has 0 aliphatic carbocycles. The number of amides is 2. The lowest BCUT2D eigenvalue weighted by Gasteiger charge is -2.12. The Balaban J connectivity index is 2.47. The van der Waals surface area contributed by atoms with E-state index >= 15 is 0 Å². The predicted octanol–water partition coefficient (Wildman–Crippen LogP) is 0.749. The van der Waals surface area contributed by atoms with E-state index in [1.165, 1.54) is 19.1 Å². The van der Waals surface area contributed by atoms with Crippen LogP contribution >= 0.6 is 0 Å². The number of hydrogen-bond acceptors (Lipinski definition) is 6. The van der Waals surface area contributed by atoms with Crippen molar-refractivity contribution < 1.29 is 29.0 Å². The van der Waals surface area contributed by atoms with Crippen molar-refractivity contribution in [2.24, 2.45) is 0 Å². The zero-order valence-electron chi connectivity index (χ0n) is 11.1. The summed E-state index contributed by atoms with van der Waals surface area (Å²) in [7, 11) is 1.12. The molecule has 2 N–H and O–H groups in total. The number of phenols is 1. The van der Waals surface area contributed by atoms with Crippen molar-refractivity contribution in [3.63, 3.8) is 0 Å². The van der Waals surface area contributed by atoms with Gasteiger partial charge in [0.05, 0.1) is 13.5 Å². The zero-order chi connectivity index (χ0) is 15.1. The van der Waals surface area contributed by atoms with E-state index in [9.17, 15) is 14.4 Å². The zero-order valence-corrected chi connectivity index (χ0v) is 11.1. The maximum Gasteiger partial charge on any atom is 0.413 e. The number of carbonyl (C=O) groups excluding carboxylic acids is 3. The fourth-order valence-electron chi connectivity index (χ4n) is 1.33. The summed E-state index contributed by atoms with van der Waals surface area (Å²) < 4.78 is 9.12. The van der Waals surface area contributed by atoms with Gasteiger partial charge in [0.2, 0.25) is 0 Å². The molecule has 0 radical (unpaired) electrons. The minimum absolute atomic E-state index is 0.0455. The van der Waals surface area contributed by atoms with Crippen LogP contribution in [-0.4, -0.2) is 36.3 Å². The molecule has 7 nitrogen and oxygen atoms in total. The fraction of sp³-hybridized carbons (Fsp3) is 0.308. The van der Waals surface area contributed by atoms with Crippen LogP contribution < -0.4 is 5.32 Å². The van der Waals surface area contributed by atoms with Gasteiger partial charge in [-0.15, -0.1) is 0 Å². The molecule has 0 saturated carbocycles. The first-order valence-electron chi connectivity index (χ1n) is 5.78. The molecule has 7 heteroatoms. The molecule has 0 unspecified atom stereocenters. The Labute approximate surface area is 115 Å². The van der Waals surface area contributed by atoms with E-state index in [1.54, 1.807) is 12.1 Å². The first-order chi connectivity index (χ1) is 9.42. The first kappa shape index (κ1) is 15.5. The van der Waals surface area contributed by atoms with Crippen molar-refractivity contribution in [3.8, 4) is 5.75 Å². The fourth-order valence-corrected chi connectivity index (χ4v) is 1.33. The number of benzene rings is 1. The van der Waals surface area contributed by atoms with Crippen LogP contribution in [0, 0.1) is 0 Å². The van der Waals surface area contributed by atoms with E-state index in [0.29, 0.717) is 5.56 Å². The summed E-state index contributed by atoms with van der Waals surface area (Å²) in [5.74, 6) is -1.30. The summed E-state index contributed by atoms with van der Waals surface area (Å²) in [6.07, 6.45) is -2.08. The molecule has 1 rings (SSSR count). The molecule has 20 heavy (non-hydrogen) atoms. The van der Waals surface area contributed by atoms with Crippen LogP contribution in [0.3, 0.4) is 0 Å². The number of aromatic hydroxyl groups is 1. The summed E-state index contributed by atoms with van der Waals surface area (Å²) in [5, 5.41) is 11.0. The van der Waals surface area contributed by atoms with Gasteiger partial charge in [0.25, 0.3) is 5.91 Å². The minimum atomic E-state index is -1.11. The molecule has 0 saturated heterocycles. The Hall–Kier alpha value is -2.57. The first-order valence-corrected chi connectivity index (χ1v) is 5.78. The third kappa shape index (κ3) is 4.97. The molecule has 0 aliphatic heterocycles. The van der Waals surface area contributed by atoms with E-state index < -0.39 is 24.1 Å². The highest BCUT2D eigenvalue weighted by Gasteiger charge is 2.20. The molecule has 0 aliphatic rings. The summed E-state index contributed by atoms with van der Waals surface area (Å²) in [6.45, 7) is 1.34. The summed E-state index contributed by atoms with van der Waals surface area (Å²) in [6, 6.07) is 6.01. The number of rotatable bonds is 4. The molecule has 0 heterocycles. The number of ether oxygens (including phenoxy) is 2. The van der Waals surface area contributed by atoms with Crippen molar-refractivity contribution in [2.45, 2.75) is 19.4 Å². The Bertz CT molecular complexity index is 496. The molecule has 0 bridgehead atoms. The van der Waals surface area contributed by atoms with E-state index in [-0.39, 0.29) is 12.2 Å². The molecule has 1 aromatic rings. The molecular formula is C13H15NO6. The van der Waals surface area contributed by atoms with Crippen LogP contribution in [0.25, 0.3) is 0 Å². The lowest BCUT2D eigenvalue weighted by Crippen LogP contribution is -2.39. The van der Waals surface area contributed by atoms with Gasteiger partial charge in [-0.25, -0.2) is 4.79 Å². The quantitative estimate of drug-likeness (QED) is 0.789. The van der Waals surface area contributed by atoms with Gasteiger partial charge in [0.1, 0.15) is 5.75 Å². The average molecular weight is 281 g/mol. The van der Waals surface area contributed by atoms with Crippen LogP contribution in [0.2, 0.25) is 0 Å². The van der Waals surface area contributed by atoms with E-state index in [0.717, 1.165) is 7.11 Å². The van der Waals surface area contributed by atoms with Gasteiger partial charge in [-0.3, -0.25) is 14.9 Å². The van der Waals surface area contributed by atoms with Gasteiger partial charge in [0, 0.05) is 0 Å². The molecule has 1 aromatic carbocycles. The Morgan fingerprint density at radius 1 is 1.25 bits per heavy atom. The smallest absolute Gasteiger partial charge is 0.413 e. The third-order valence-corrected chi connectivity index (χ3v) is 2.37. The van der Waals surface area contributed by atoms with Crippen LogP contribution in [-0.2, 0) is 25.5 Å². The van der Waals surface area contributed by atoms with E-state index in [4.69, 9.17) is 9.84 Å². The molecule has 2 amide bonds. The maximum absolute atomic E-state index is 11.6. The van der Waals surface area contributed by atoms with Crippen molar-refractivity contribution >= 4 is 18.0 Å². The maximum atomic E-state index is 11.6. The molecule has 0 fully saturated rings. The second-order valence-corrected chi connectivity index (χ2v) is 3.96. The molecule has 1 atom stereocenters. The van der Waals surface area contributed by atoms with Crippen molar-refractivity contribution in [2.75, 3.05) is 7.11 Å². The van der Waals surface area contributed by atoms with Crippen LogP contribution in [0.15, 0.2) is 24.3 Å². The summed E-state index contributed by atoms with van der Waals surface area (Å²) >= 11 is 0. The lowest BCUT2D eigenvalue weighted by molar-refractivity contribution is -0.153. The average Bonchev–Trinajstić information content (AvgIpc) is 2.41. The number of carbonyl (C=O) groups is 3. The van der Waals surface area contributed by atoms with E-state index in [2.05, 4.69) is 4.74 Å². The Kier molecular flexibility index (Phi) is 5.52. The monoisotopic (exact) mass is 281 g/mol. The Morgan fingerprint density at radius 3 is 2.40 bits per heavy atom. The molecule has 108 valence electrons. The lowest BCUT2D eigenvalue weighted by atomic mass is 10.1. The normalized spacial score (nSPS) is 11.3. The van der Waals surface area contributed by atoms with Gasteiger partial charge in [-0.05, 0) is 24.6 Å². The predicted molar refractivity (Wildman–Crippen MR) is 67.9 cm³/mol. The standard InChI is InChI=1S/C13H15NO6/c1-8(12(17)14-13(18)19-2)20-11(16)7-9-3-5-10(15)6-4-9/h3-6,8,15H,7H2,1-2H3,(H,14,17,18)/t8-/m0/s1. The van der Waals surface area contributed by atoms with E-state index in [1.807, 2.05) is 5.32 Å². The Morgan fingerprint density at radius 2 is 1.85 bits per heavy atom. The second kappa shape index (κ2) is 7.13. The largest absolute Gasteiger partial charge is 0.508 e. The topological polar surface area (TPSA) is 102 Å². The number of hydrogen-bond donors (Lipinski definition) is 2. The number of imide groups is 1. The molecule has 0 aromatic heterocycles. The van der Waals surface area contributed by atoms with Gasteiger partial charge in [0.15, 0.2) is 6.10 Å². The SMILES string of the molecule is COC(=O)NC(=O)[C@H](C)OC(=O)Cc1ccc(O)cc1. The van der Waals surface area contributed by atoms with Crippen LogP contribution in [0.5, 0.6) is 5.75 Å². The van der Waals surface area contributed by atoms with Gasteiger partial charge >= 0.3 is 12.1 Å². The van der Waals surface area contributed by atoms with Gasteiger partial charge in [-0.2, -0.15) is 0 Å². The van der Waals surface area contributed by atoms with Crippen molar-refractivity contribution in [3.05, 3.63) is 29.8 Å². The van der Waals surface area contributed by atoms with Crippen LogP contribution in [0.4, 0.5) is 4.79 Å². The summed E-state index contributed by atoms with van der Waals surface area (Å²) in [4.78, 5) is 33.8. The van der Waals surface area contributed by atoms with Gasteiger partial charge < -0.3 is 14.6 Å². The highest BCUT2D eigenvalue weighted by Crippen LogP contribution is 2.10. The highest BCUT2D eigenvalue weighted by molar-refractivity contribution is 5.95. The highest BCUT2D eigenvalue weighted by atomic mass is 16.6. The third-order valence-electron chi connectivity index (χ3n) is 2.37. The number of esters is 1. The second-order valence-electron chi connectivity index (χ2n) is 3.96. The van der Waals surface area contributed by atoms with Crippen molar-refractivity contribution in [1.29, 1.82) is 0 Å². The minimum Gasteiger partial charge on any atom is -0.508 e. The molecule has 0 spiro atoms. The van der Waals surface area contributed by atoms with Crippen LogP contribution in [0.1, 0.15) is 12.5 Å². The number of nitrogens with one attached hydrogen (secondary N) is 1. The molecular weight excluding hydrogens is 266 g/mol. The number of alkyl carbamates (subject to hydrolysis) is 1. The summed E-state index contributed by atoms with van der Waals surface area (Å²) in [5.41, 5.74) is 0.633.